The largest absolute Gasteiger partial charge is 0.496 e. The van der Waals surface area contributed by atoms with Gasteiger partial charge in [-0.2, -0.15) is 10.2 Å². The zero-order chi connectivity index (χ0) is 19.5. The van der Waals surface area contributed by atoms with Crippen LogP contribution in [0.2, 0.25) is 0 Å². The molecule has 0 aliphatic heterocycles. The molecular formula is C21H18N4O2S. The number of nitrogens with zero attached hydrogens (tertiary/aromatic N) is 3. The van der Waals surface area contributed by atoms with Gasteiger partial charge in [-0.15, -0.1) is 11.3 Å². The molecule has 0 fully saturated rings. The van der Waals surface area contributed by atoms with Crippen molar-refractivity contribution in [2.75, 3.05) is 7.11 Å². The molecule has 0 unspecified atom stereocenters. The second-order valence-corrected chi connectivity index (χ2v) is 7.13. The number of hydrazone groups is 1. The number of nitrogens with one attached hydrogen (secondary N) is 1. The second-order valence-electron chi connectivity index (χ2n) is 6.10. The highest BCUT2D eigenvalue weighted by Crippen LogP contribution is 2.30. The first-order valence-electron chi connectivity index (χ1n) is 8.68. The zero-order valence-electron chi connectivity index (χ0n) is 15.4. The molecule has 1 N–H and O–H groups in total. The van der Waals surface area contributed by atoms with Gasteiger partial charge < -0.3 is 4.74 Å². The van der Waals surface area contributed by atoms with Crippen LogP contribution in [0.3, 0.4) is 0 Å². The van der Waals surface area contributed by atoms with E-state index in [9.17, 15) is 4.79 Å². The summed E-state index contributed by atoms with van der Waals surface area (Å²) in [5.74, 6) is 0.437. The number of methoxy groups -OCH3 is 1. The van der Waals surface area contributed by atoms with Gasteiger partial charge in [0.2, 0.25) is 0 Å². The fourth-order valence-corrected chi connectivity index (χ4v) is 3.96. The molecule has 28 heavy (non-hydrogen) atoms. The van der Waals surface area contributed by atoms with E-state index in [0.29, 0.717) is 10.6 Å². The molecule has 0 radical (unpaired) electrons. The summed E-state index contributed by atoms with van der Waals surface area (Å²) in [6, 6.07) is 19.2. The normalized spacial score (nSPS) is 11.2. The average molecular weight is 390 g/mol. The number of thiophene rings is 1. The minimum Gasteiger partial charge on any atom is -0.496 e. The Balaban J connectivity index is 1.58. The van der Waals surface area contributed by atoms with Crippen LogP contribution in [-0.2, 0) is 0 Å². The van der Waals surface area contributed by atoms with Crippen LogP contribution in [0, 0.1) is 6.92 Å². The van der Waals surface area contributed by atoms with Gasteiger partial charge in [-0.05, 0) is 37.3 Å². The lowest BCUT2D eigenvalue weighted by Crippen LogP contribution is -2.16. The van der Waals surface area contributed by atoms with Gasteiger partial charge >= 0.3 is 0 Å². The molecule has 140 valence electrons. The molecule has 2 heterocycles. The number of hydrogen-bond acceptors (Lipinski definition) is 5. The number of carbonyl (C=O) groups excluding carboxylic acids is 1. The highest BCUT2D eigenvalue weighted by atomic mass is 32.1. The van der Waals surface area contributed by atoms with E-state index in [-0.39, 0.29) is 5.91 Å². The van der Waals surface area contributed by atoms with Crippen LogP contribution in [0.25, 0.3) is 15.9 Å². The number of aromatic nitrogens is 2. The Labute approximate surface area is 166 Å². The Hall–Kier alpha value is -3.45. The number of amides is 1. The fourth-order valence-electron chi connectivity index (χ4n) is 2.89. The number of para-hydroxylation sites is 2. The van der Waals surface area contributed by atoms with E-state index in [1.54, 1.807) is 13.3 Å². The molecule has 2 aromatic heterocycles. The highest BCUT2D eigenvalue weighted by molar-refractivity contribution is 7.20. The van der Waals surface area contributed by atoms with Crippen LogP contribution in [0.4, 0.5) is 0 Å². The van der Waals surface area contributed by atoms with E-state index >= 15 is 0 Å². The smallest absolute Gasteiger partial charge is 0.281 e. The highest BCUT2D eigenvalue weighted by Gasteiger charge is 2.16. The van der Waals surface area contributed by atoms with Crippen molar-refractivity contribution in [3.05, 3.63) is 76.8 Å². The van der Waals surface area contributed by atoms with Crippen LogP contribution in [-0.4, -0.2) is 29.0 Å². The van der Waals surface area contributed by atoms with Gasteiger partial charge in [-0.25, -0.2) is 10.1 Å². The summed E-state index contributed by atoms with van der Waals surface area (Å²) in [5.41, 5.74) is 5.22. The Morgan fingerprint density at radius 1 is 1.18 bits per heavy atom. The molecule has 4 rings (SSSR count). The lowest BCUT2D eigenvalue weighted by molar-refractivity contribution is 0.0959. The summed E-state index contributed by atoms with van der Waals surface area (Å²) in [6.07, 6.45) is 1.57. The number of benzene rings is 2. The predicted molar refractivity (Wildman–Crippen MR) is 112 cm³/mol. The van der Waals surface area contributed by atoms with Gasteiger partial charge in [-0.1, -0.05) is 30.3 Å². The third-order valence-corrected chi connectivity index (χ3v) is 5.39. The average Bonchev–Trinajstić information content (AvgIpc) is 3.30. The van der Waals surface area contributed by atoms with E-state index in [2.05, 4.69) is 15.6 Å². The van der Waals surface area contributed by atoms with Crippen molar-refractivity contribution in [2.24, 2.45) is 5.10 Å². The molecule has 7 heteroatoms. The molecule has 0 bridgehead atoms. The topological polar surface area (TPSA) is 68.5 Å². The van der Waals surface area contributed by atoms with Crippen molar-refractivity contribution in [1.82, 2.24) is 15.2 Å². The zero-order valence-corrected chi connectivity index (χ0v) is 16.2. The monoisotopic (exact) mass is 390 g/mol. The minimum atomic E-state index is -0.258. The van der Waals surface area contributed by atoms with Crippen molar-refractivity contribution < 1.29 is 9.53 Å². The first kappa shape index (κ1) is 17.9. The maximum atomic E-state index is 12.5. The number of rotatable bonds is 5. The standard InChI is InChI=1S/C21H18N4O2S/c1-14-17-12-19(28-21(17)25(24-14)16-9-4-3-5-10-16)20(26)23-22-13-15-8-6-7-11-18(15)27-2/h3-13H,1-2H3,(H,23,26). The minimum absolute atomic E-state index is 0.258. The Kier molecular flexibility index (Phi) is 4.90. The first-order valence-corrected chi connectivity index (χ1v) is 9.50. The SMILES string of the molecule is COc1ccccc1C=NNC(=O)c1cc2c(C)nn(-c3ccccc3)c2s1. The van der Waals surface area contributed by atoms with E-state index < -0.39 is 0 Å². The summed E-state index contributed by atoms with van der Waals surface area (Å²) in [4.78, 5) is 14.1. The van der Waals surface area contributed by atoms with Gasteiger partial charge in [0.1, 0.15) is 10.6 Å². The number of carbonyl (C=O) groups is 1. The van der Waals surface area contributed by atoms with Crippen LogP contribution in [0.5, 0.6) is 5.75 Å². The summed E-state index contributed by atoms with van der Waals surface area (Å²) >= 11 is 1.39. The molecule has 0 saturated heterocycles. The van der Waals surface area contributed by atoms with Crippen LogP contribution in [0.15, 0.2) is 65.8 Å². The molecule has 0 spiro atoms. The van der Waals surface area contributed by atoms with Gasteiger partial charge in [0, 0.05) is 10.9 Å². The van der Waals surface area contributed by atoms with E-state index in [4.69, 9.17) is 4.74 Å². The van der Waals surface area contributed by atoms with Crippen LogP contribution in [0.1, 0.15) is 20.9 Å². The lowest BCUT2D eigenvalue weighted by atomic mass is 10.2. The van der Waals surface area contributed by atoms with Gasteiger partial charge in [0.25, 0.3) is 5.91 Å². The van der Waals surface area contributed by atoms with E-state index in [1.165, 1.54) is 11.3 Å². The molecule has 0 aliphatic rings. The maximum Gasteiger partial charge on any atom is 0.281 e. The van der Waals surface area contributed by atoms with Crippen molar-refractivity contribution in [3.8, 4) is 11.4 Å². The first-order chi connectivity index (χ1) is 13.7. The van der Waals surface area contributed by atoms with Crippen LogP contribution >= 0.6 is 11.3 Å². The summed E-state index contributed by atoms with van der Waals surface area (Å²) < 4.78 is 7.14. The van der Waals surface area contributed by atoms with E-state index in [0.717, 1.165) is 27.2 Å². The molecule has 6 nitrogen and oxygen atoms in total. The fraction of sp³-hybridized carbons (Fsp3) is 0.0952. The van der Waals surface area contributed by atoms with Crippen molar-refractivity contribution in [2.45, 2.75) is 6.92 Å². The van der Waals surface area contributed by atoms with Crippen LogP contribution < -0.4 is 10.2 Å². The van der Waals surface area contributed by atoms with Gasteiger partial charge in [0.05, 0.1) is 29.6 Å². The second kappa shape index (κ2) is 7.66. The van der Waals surface area contributed by atoms with Gasteiger partial charge in [-0.3, -0.25) is 4.79 Å². The summed E-state index contributed by atoms with van der Waals surface area (Å²) in [6.45, 7) is 1.94. The number of ether oxygens (including phenoxy) is 1. The third-order valence-electron chi connectivity index (χ3n) is 4.28. The molecule has 0 atom stereocenters. The quantitative estimate of drug-likeness (QED) is 0.411. The van der Waals surface area contributed by atoms with Crippen molar-refractivity contribution >= 4 is 33.7 Å². The summed E-state index contributed by atoms with van der Waals surface area (Å²) in [7, 11) is 1.60. The Morgan fingerprint density at radius 2 is 1.93 bits per heavy atom. The maximum absolute atomic E-state index is 12.5. The van der Waals surface area contributed by atoms with E-state index in [1.807, 2.05) is 72.3 Å². The summed E-state index contributed by atoms with van der Waals surface area (Å²) in [5, 5.41) is 9.62. The van der Waals surface area contributed by atoms with Crippen molar-refractivity contribution in [1.29, 1.82) is 0 Å². The van der Waals surface area contributed by atoms with Crippen molar-refractivity contribution in [3.63, 3.8) is 0 Å². The molecule has 1 amide bonds. The number of aryl methyl sites for hydroxylation is 1. The molecular weight excluding hydrogens is 372 g/mol. The Bertz CT molecular complexity index is 1160. The Morgan fingerprint density at radius 3 is 2.71 bits per heavy atom. The molecule has 0 aliphatic carbocycles. The molecule has 0 saturated carbocycles. The lowest BCUT2D eigenvalue weighted by Gasteiger charge is -2.03. The number of fused-ring (bicyclic) bond motifs is 1. The molecule has 4 aromatic rings. The van der Waals surface area contributed by atoms with Gasteiger partial charge in [0.15, 0.2) is 0 Å². The molecule has 2 aromatic carbocycles. The predicted octanol–water partition coefficient (Wildman–Crippen LogP) is 4.17. The third kappa shape index (κ3) is 3.39. The number of hydrogen-bond donors (Lipinski definition) is 1.